The average Bonchev–Trinajstić information content (AvgIpc) is 3.20. The van der Waals surface area contributed by atoms with Gasteiger partial charge in [-0.25, -0.2) is 4.98 Å². The molecule has 2 aliphatic rings. The zero-order chi connectivity index (χ0) is 15.8. The average molecular weight is 328 g/mol. The van der Waals surface area contributed by atoms with Crippen LogP contribution in [0, 0.1) is 13.8 Å². The maximum atomic E-state index is 4.68. The summed E-state index contributed by atoms with van der Waals surface area (Å²) in [5, 5.41) is 3.39. The normalized spacial score (nSPS) is 25.1. The van der Waals surface area contributed by atoms with Crippen molar-refractivity contribution in [1.29, 1.82) is 0 Å². The minimum absolute atomic E-state index is 0.692. The summed E-state index contributed by atoms with van der Waals surface area (Å²) in [6.45, 7) is 8.56. The zero-order valence-electron chi connectivity index (χ0n) is 13.9. The molecule has 0 aliphatic carbocycles. The predicted molar refractivity (Wildman–Crippen MR) is 93.5 cm³/mol. The summed E-state index contributed by atoms with van der Waals surface area (Å²) >= 11 is 1.76. The van der Waals surface area contributed by atoms with Gasteiger partial charge in [-0.3, -0.25) is 14.8 Å². The minimum atomic E-state index is 0.692. The molecule has 2 aromatic heterocycles. The molecule has 0 spiro atoms. The largest absolute Gasteiger partial charge is 0.293 e. The van der Waals surface area contributed by atoms with Gasteiger partial charge in [0.25, 0.3) is 0 Å². The molecule has 23 heavy (non-hydrogen) atoms. The first kappa shape index (κ1) is 15.2. The number of hydrogen-bond donors (Lipinski definition) is 0. The third kappa shape index (κ3) is 3.18. The van der Waals surface area contributed by atoms with Crippen LogP contribution in [0.2, 0.25) is 0 Å². The Kier molecular flexibility index (Phi) is 4.18. The Morgan fingerprint density at radius 3 is 2.30 bits per heavy atom. The van der Waals surface area contributed by atoms with Gasteiger partial charge >= 0.3 is 0 Å². The number of aromatic nitrogens is 2. The summed E-state index contributed by atoms with van der Waals surface area (Å²) in [6, 6.07) is 7.74. The lowest BCUT2D eigenvalue weighted by Crippen LogP contribution is -2.36. The Bertz CT molecular complexity index is 683. The van der Waals surface area contributed by atoms with E-state index in [-0.39, 0.29) is 0 Å². The van der Waals surface area contributed by atoms with Crippen LogP contribution in [0.5, 0.6) is 0 Å². The molecule has 2 aliphatic heterocycles. The Morgan fingerprint density at radius 2 is 1.70 bits per heavy atom. The summed E-state index contributed by atoms with van der Waals surface area (Å²) in [6.07, 6.45) is 2.55. The molecule has 0 N–H and O–H groups in total. The molecule has 0 aromatic carbocycles. The summed E-state index contributed by atoms with van der Waals surface area (Å²) in [7, 11) is 0. The van der Waals surface area contributed by atoms with Crippen LogP contribution in [0.15, 0.2) is 23.6 Å². The lowest BCUT2D eigenvalue weighted by atomic mass is 10.1. The highest BCUT2D eigenvalue weighted by Crippen LogP contribution is 2.33. The molecule has 2 atom stereocenters. The molecule has 1 unspecified atom stereocenters. The Morgan fingerprint density at radius 1 is 1.00 bits per heavy atom. The van der Waals surface area contributed by atoms with Crippen molar-refractivity contribution >= 4 is 11.3 Å². The molecule has 4 heterocycles. The van der Waals surface area contributed by atoms with Gasteiger partial charge in [-0.15, -0.1) is 11.3 Å². The molecule has 0 bridgehead atoms. The quantitative estimate of drug-likeness (QED) is 0.864. The van der Waals surface area contributed by atoms with Gasteiger partial charge in [0, 0.05) is 49.3 Å². The van der Waals surface area contributed by atoms with Crippen molar-refractivity contribution in [3.05, 3.63) is 45.7 Å². The molecule has 0 saturated carbocycles. The number of thiazole rings is 1. The van der Waals surface area contributed by atoms with Gasteiger partial charge in [0.2, 0.25) is 0 Å². The van der Waals surface area contributed by atoms with Crippen LogP contribution >= 0.6 is 11.3 Å². The van der Waals surface area contributed by atoms with Gasteiger partial charge in [-0.2, -0.15) is 0 Å². The van der Waals surface area contributed by atoms with Crippen molar-refractivity contribution in [3.63, 3.8) is 0 Å². The number of hydrogen-bond acceptors (Lipinski definition) is 5. The van der Waals surface area contributed by atoms with E-state index < -0.39 is 0 Å². The number of fused-ring (bicyclic) bond motifs is 1. The standard InChI is InChI=1S/C18H24N4S/c1-13-4-3-5-15(19-13)10-21-8-6-18-17(21)7-9-22(18)11-16-12-23-14(2)20-16/h3-5,12,17-18H,6-11H2,1-2H3/t17-,18?/m1/s1. The highest BCUT2D eigenvalue weighted by atomic mass is 32.1. The first-order valence-corrected chi connectivity index (χ1v) is 9.38. The van der Waals surface area contributed by atoms with E-state index in [4.69, 9.17) is 0 Å². The minimum Gasteiger partial charge on any atom is -0.293 e. The van der Waals surface area contributed by atoms with Crippen molar-refractivity contribution in [3.8, 4) is 0 Å². The van der Waals surface area contributed by atoms with Crippen molar-refractivity contribution in [2.24, 2.45) is 0 Å². The van der Waals surface area contributed by atoms with E-state index in [2.05, 4.69) is 57.2 Å². The van der Waals surface area contributed by atoms with Crippen LogP contribution in [-0.2, 0) is 13.1 Å². The Balaban J connectivity index is 1.41. The molecule has 0 amide bonds. The molecule has 2 fully saturated rings. The van der Waals surface area contributed by atoms with E-state index in [1.165, 1.54) is 42.3 Å². The fraction of sp³-hybridized carbons (Fsp3) is 0.556. The molecule has 0 radical (unpaired) electrons. The third-order valence-corrected chi connectivity index (χ3v) is 5.97. The van der Waals surface area contributed by atoms with Crippen molar-refractivity contribution in [1.82, 2.24) is 19.8 Å². The molecule has 2 aromatic rings. The van der Waals surface area contributed by atoms with E-state index >= 15 is 0 Å². The van der Waals surface area contributed by atoms with Gasteiger partial charge in [0.1, 0.15) is 0 Å². The van der Waals surface area contributed by atoms with E-state index in [1.807, 2.05) is 0 Å². The van der Waals surface area contributed by atoms with Crippen LogP contribution in [0.1, 0.15) is 34.9 Å². The second-order valence-electron chi connectivity index (χ2n) is 6.78. The zero-order valence-corrected chi connectivity index (χ0v) is 14.7. The van der Waals surface area contributed by atoms with Gasteiger partial charge < -0.3 is 0 Å². The number of rotatable bonds is 4. The van der Waals surface area contributed by atoms with E-state index in [0.717, 1.165) is 18.8 Å². The Labute approximate surface area is 142 Å². The van der Waals surface area contributed by atoms with Crippen molar-refractivity contribution in [2.75, 3.05) is 13.1 Å². The van der Waals surface area contributed by atoms with Gasteiger partial charge in [0.05, 0.1) is 16.4 Å². The van der Waals surface area contributed by atoms with E-state index in [9.17, 15) is 0 Å². The maximum absolute atomic E-state index is 4.68. The van der Waals surface area contributed by atoms with Crippen LogP contribution < -0.4 is 0 Å². The fourth-order valence-electron chi connectivity index (χ4n) is 4.14. The summed E-state index contributed by atoms with van der Waals surface area (Å²) in [5.74, 6) is 0. The molecule has 122 valence electrons. The molecule has 4 rings (SSSR count). The highest BCUT2D eigenvalue weighted by Gasteiger charge is 2.42. The number of aryl methyl sites for hydroxylation is 2. The predicted octanol–water partition coefficient (Wildman–Crippen LogP) is 3.00. The lowest BCUT2D eigenvalue weighted by Gasteiger charge is -2.25. The highest BCUT2D eigenvalue weighted by molar-refractivity contribution is 7.09. The van der Waals surface area contributed by atoms with E-state index in [1.54, 1.807) is 11.3 Å². The molecule has 4 nitrogen and oxygen atoms in total. The molecular weight excluding hydrogens is 304 g/mol. The maximum Gasteiger partial charge on any atom is 0.0897 e. The number of likely N-dealkylation sites (tertiary alicyclic amines) is 2. The lowest BCUT2D eigenvalue weighted by molar-refractivity contribution is 0.210. The third-order valence-electron chi connectivity index (χ3n) is 5.15. The van der Waals surface area contributed by atoms with E-state index in [0.29, 0.717) is 12.1 Å². The monoisotopic (exact) mass is 328 g/mol. The van der Waals surface area contributed by atoms with Crippen LogP contribution in [0.25, 0.3) is 0 Å². The summed E-state index contributed by atoms with van der Waals surface area (Å²) in [4.78, 5) is 14.6. The Hall–Kier alpha value is -1.30. The van der Waals surface area contributed by atoms with Crippen LogP contribution in [-0.4, -0.2) is 44.9 Å². The summed E-state index contributed by atoms with van der Waals surface area (Å²) < 4.78 is 0. The van der Waals surface area contributed by atoms with Gasteiger partial charge in [-0.1, -0.05) is 6.07 Å². The molecule has 5 heteroatoms. The number of pyridine rings is 1. The molecular formula is C18H24N4S. The fourth-order valence-corrected chi connectivity index (χ4v) is 4.75. The van der Waals surface area contributed by atoms with Gasteiger partial charge in [0.15, 0.2) is 0 Å². The van der Waals surface area contributed by atoms with Crippen molar-refractivity contribution in [2.45, 2.75) is 51.9 Å². The van der Waals surface area contributed by atoms with Crippen molar-refractivity contribution < 1.29 is 0 Å². The van der Waals surface area contributed by atoms with Crippen LogP contribution in [0.3, 0.4) is 0 Å². The second kappa shape index (κ2) is 6.30. The SMILES string of the molecule is Cc1cccc(CN2CCC3[C@H]2CCN3Cc2csc(C)n2)n1. The smallest absolute Gasteiger partial charge is 0.0897 e. The first-order valence-electron chi connectivity index (χ1n) is 8.51. The molecule has 2 saturated heterocycles. The second-order valence-corrected chi connectivity index (χ2v) is 7.84. The summed E-state index contributed by atoms with van der Waals surface area (Å²) in [5.41, 5.74) is 3.57. The number of nitrogens with zero attached hydrogens (tertiary/aromatic N) is 4. The van der Waals surface area contributed by atoms with Crippen LogP contribution in [0.4, 0.5) is 0 Å². The first-order chi connectivity index (χ1) is 11.2. The topological polar surface area (TPSA) is 32.3 Å². The van der Waals surface area contributed by atoms with Gasteiger partial charge in [-0.05, 0) is 38.8 Å².